The standard InChI is InChI=1S/C36H64NO7P/c1-3-5-7-9-11-13-14-15-16-17-18-19-20-21-23-25-27-29-36(38)44-35(34-43-45(39,40)42-32-30-37)33-41-31-28-26-24-22-12-10-8-6-4-2/h5,7,11,13,15-16,18-19,21,23,35H,3-4,6,8-10,12,14,17,20,22,24-34,37H2,1-2H3,(H,39,40)/b7-5-,13-11-,16-15-,19-18-,23-21-. The van der Waals surface area contributed by atoms with Crippen LogP contribution in [0, 0.1) is 0 Å². The molecule has 0 fully saturated rings. The molecule has 2 atom stereocenters. The summed E-state index contributed by atoms with van der Waals surface area (Å²) in [4.78, 5) is 22.3. The number of unbranched alkanes of at least 4 members (excludes halogenated alkanes) is 9. The lowest BCUT2D eigenvalue weighted by molar-refractivity contribution is -0.154. The SMILES string of the molecule is CC/C=C\C/C=C\C/C=C\C/C=C\C/C=C\CCCC(=O)OC(COCCCCCCCCCCC)COP(=O)(O)OCCN. The van der Waals surface area contributed by atoms with Gasteiger partial charge in [0.1, 0.15) is 6.10 Å². The van der Waals surface area contributed by atoms with Gasteiger partial charge in [-0.1, -0.05) is 126 Å². The zero-order valence-electron chi connectivity index (χ0n) is 28.3. The van der Waals surface area contributed by atoms with Crippen LogP contribution in [0.2, 0.25) is 0 Å². The summed E-state index contributed by atoms with van der Waals surface area (Å²) in [7, 11) is -4.28. The van der Waals surface area contributed by atoms with Gasteiger partial charge in [0.2, 0.25) is 0 Å². The third kappa shape index (κ3) is 33.4. The van der Waals surface area contributed by atoms with E-state index in [0.29, 0.717) is 13.0 Å². The topological polar surface area (TPSA) is 117 Å². The molecular weight excluding hydrogens is 589 g/mol. The predicted octanol–water partition coefficient (Wildman–Crippen LogP) is 9.46. The van der Waals surface area contributed by atoms with Gasteiger partial charge in [-0.15, -0.1) is 0 Å². The van der Waals surface area contributed by atoms with E-state index in [9.17, 15) is 14.3 Å². The Morgan fingerprint density at radius 2 is 1.22 bits per heavy atom. The molecular formula is C36H64NO7P. The highest BCUT2D eigenvalue weighted by Crippen LogP contribution is 2.43. The second-order valence-corrected chi connectivity index (χ2v) is 12.5. The second kappa shape index (κ2) is 33.6. The Morgan fingerprint density at radius 3 is 1.78 bits per heavy atom. The minimum absolute atomic E-state index is 0.0893. The molecule has 0 aromatic heterocycles. The van der Waals surface area contributed by atoms with E-state index in [-0.39, 0.29) is 32.8 Å². The third-order valence-electron chi connectivity index (χ3n) is 6.70. The van der Waals surface area contributed by atoms with Crippen LogP contribution in [0.5, 0.6) is 0 Å². The maximum absolute atomic E-state index is 12.5. The first kappa shape index (κ1) is 43.2. The first-order valence-electron chi connectivity index (χ1n) is 17.3. The summed E-state index contributed by atoms with van der Waals surface area (Å²) in [5, 5.41) is 0. The number of allylic oxidation sites excluding steroid dienone is 10. The zero-order chi connectivity index (χ0) is 33.1. The predicted molar refractivity (Wildman–Crippen MR) is 187 cm³/mol. The van der Waals surface area contributed by atoms with Crippen molar-refractivity contribution in [1.29, 1.82) is 0 Å². The molecule has 0 saturated carbocycles. The van der Waals surface area contributed by atoms with Crippen LogP contribution in [0.15, 0.2) is 60.8 Å². The number of phosphoric acid groups is 1. The Morgan fingerprint density at radius 1 is 0.689 bits per heavy atom. The van der Waals surface area contributed by atoms with Gasteiger partial charge >= 0.3 is 13.8 Å². The highest BCUT2D eigenvalue weighted by Gasteiger charge is 2.25. The second-order valence-electron chi connectivity index (χ2n) is 11.0. The van der Waals surface area contributed by atoms with Gasteiger partial charge in [-0.2, -0.15) is 0 Å². The van der Waals surface area contributed by atoms with Gasteiger partial charge in [0.05, 0.1) is 19.8 Å². The number of hydrogen-bond acceptors (Lipinski definition) is 7. The van der Waals surface area contributed by atoms with Crippen LogP contribution < -0.4 is 5.73 Å². The van der Waals surface area contributed by atoms with Crippen LogP contribution in [-0.4, -0.2) is 49.9 Å². The number of carbonyl (C=O) groups is 1. The third-order valence-corrected chi connectivity index (χ3v) is 7.68. The Bertz CT molecular complexity index is 869. The van der Waals surface area contributed by atoms with Gasteiger partial charge in [-0.25, -0.2) is 4.57 Å². The van der Waals surface area contributed by atoms with E-state index < -0.39 is 19.9 Å². The van der Waals surface area contributed by atoms with Crippen LogP contribution in [0.25, 0.3) is 0 Å². The molecule has 0 heterocycles. The molecule has 45 heavy (non-hydrogen) atoms. The summed E-state index contributed by atoms with van der Waals surface area (Å²) in [6.45, 7) is 4.68. The molecule has 2 unspecified atom stereocenters. The number of esters is 1. The van der Waals surface area contributed by atoms with E-state index in [1.807, 2.05) is 0 Å². The normalized spacial score (nSPS) is 14.5. The minimum Gasteiger partial charge on any atom is -0.457 e. The zero-order valence-corrected chi connectivity index (χ0v) is 29.2. The molecule has 8 nitrogen and oxygen atoms in total. The molecule has 3 N–H and O–H groups in total. The van der Waals surface area contributed by atoms with E-state index >= 15 is 0 Å². The lowest BCUT2D eigenvalue weighted by atomic mass is 10.1. The maximum atomic E-state index is 12.5. The van der Waals surface area contributed by atoms with Gasteiger partial charge in [-0.3, -0.25) is 13.8 Å². The molecule has 0 amide bonds. The van der Waals surface area contributed by atoms with E-state index in [0.717, 1.165) is 51.4 Å². The largest absolute Gasteiger partial charge is 0.472 e. The quantitative estimate of drug-likeness (QED) is 0.0319. The molecule has 0 aliphatic carbocycles. The van der Waals surface area contributed by atoms with Crippen LogP contribution in [0.1, 0.15) is 123 Å². The number of phosphoric ester groups is 1. The van der Waals surface area contributed by atoms with Gasteiger partial charge in [-0.05, 0) is 51.4 Å². The van der Waals surface area contributed by atoms with Crippen LogP contribution in [0.3, 0.4) is 0 Å². The fourth-order valence-corrected chi connectivity index (χ4v) is 4.97. The van der Waals surface area contributed by atoms with Gasteiger partial charge in [0, 0.05) is 19.6 Å². The Hall–Kier alpha value is -1.80. The molecule has 9 heteroatoms. The van der Waals surface area contributed by atoms with E-state index in [1.165, 1.54) is 44.9 Å². The number of rotatable bonds is 32. The molecule has 0 rings (SSSR count). The Labute approximate surface area is 274 Å². The first-order chi connectivity index (χ1) is 21.9. The van der Waals surface area contributed by atoms with Gasteiger partial charge < -0.3 is 20.1 Å². The van der Waals surface area contributed by atoms with Crippen LogP contribution in [0.4, 0.5) is 0 Å². The molecule has 0 bridgehead atoms. The van der Waals surface area contributed by atoms with Crippen molar-refractivity contribution >= 4 is 13.8 Å². The molecule has 0 spiro atoms. The molecule has 0 aliphatic heterocycles. The van der Waals surface area contributed by atoms with Crippen LogP contribution in [-0.2, 0) is 27.9 Å². The van der Waals surface area contributed by atoms with E-state index in [2.05, 4.69) is 74.6 Å². The molecule has 260 valence electrons. The number of carbonyl (C=O) groups excluding carboxylic acids is 1. The van der Waals surface area contributed by atoms with Gasteiger partial charge in [0.15, 0.2) is 0 Å². The summed E-state index contributed by atoms with van der Waals surface area (Å²) in [6, 6.07) is 0. The van der Waals surface area contributed by atoms with E-state index in [4.69, 9.17) is 24.3 Å². The highest BCUT2D eigenvalue weighted by atomic mass is 31.2. The number of nitrogens with two attached hydrogens (primary N) is 1. The molecule has 0 aromatic rings. The van der Waals surface area contributed by atoms with Crippen molar-refractivity contribution in [3.8, 4) is 0 Å². The van der Waals surface area contributed by atoms with E-state index in [1.54, 1.807) is 0 Å². The smallest absolute Gasteiger partial charge is 0.457 e. The number of ether oxygens (including phenoxy) is 2. The summed E-state index contributed by atoms with van der Waals surface area (Å²) in [5.74, 6) is -0.390. The van der Waals surface area contributed by atoms with Crippen LogP contribution >= 0.6 is 7.82 Å². The van der Waals surface area contributed by atoms with Crippen molar-refractivity contribution in [1.82, 2.24) is 0 Å². The lowest BCUT2D eigenvalue weighted by Crippen LogP contribution is -2.28. The van der Waals surface area contributed by atoms with Crippen molar-refractivity contribution in [2.24, 2.45) is 5.73 Å². The minimum atomic E-state index is -4.28. The molecule has 0 saturated heterocycles. The first-order valence-corrected chi connectivity index (χ1v) is 18.8. The van der Waals surface area contributed by atoms with Crippen molar-refractivity contribution < 1.29 is 32.8 Å². The van der Waals surface area contributed by atoms with Crippen molar-refractivity contribution in [3.05, 3.63) is 60.8 Å². The molecule has 0 aliphatic rings. The average molecular weight is 654 g/mol. The highest BCUT2D eigenvalue weighted by molar-refractivity contribution is 7.47. The Balaban J connectivity index is 4.25. The summed E-state index contributed by atoms with van der Waals surface area (Å²) in [5.41, 5.74) is 5.33. The summed E-state index contributed by atoms with van der Waals surface area (Å²) < 4.78 is 33.1. The monoisotopic (exact) mass is 653 g/mol. The average Bonchev–Trinajstić information content (AvgIpc) is 3.02. The molecule has 0 radical (unpaired) electrons. The fourth-order valence-electron chi connectivity index (χ4n) is 4.21. The number of hydrogen-bond donors (Lipinski definition) is 2. The van der Waals surface area contributed by atoms with Gasteiger partial charge in [0.25, 0.3) is 0 Å². The Kier molecular flexibility index (Phi) is 32.2. The van der Waals surface area contributed by atoms with Crippen molar-refractivity contribution in [2.75, 3.05) is 33.0 Å². The van der Waals surface area contributed by atoms with Crippen molar-refractivity contribution in [3.63, 3.8) is 0 Å². The lowest BCUT2D eigenvalue weighted by Gasteiger charge is -2.20. The van der Waals surface area contributed by atoms with Crippen molar-refractivity contribution in [2.45, 2.75) is 129 Å². The summed E-state index contributed by atoms with van der Waals surface area (Å²) >= 11 is 0. The summed E-state index contributed by atoms with van der Waals surface area (Å²) in [6.07, 6.45) is 38.1. The fraction of sp³-hybridized carbons (Fsp3) is 0.694. The molecule has 0 aromatic carbocycles. The maximum Gasteiger partial charge on any atom is 0.472 e.